The van der Waals surface area contributed by atoms with E-state index in [1.54, 1.807) is 0 Å². The fourth-order valence-electron chi connectivity index (χ4n) is 2.22. The highest BCUT2D eigenvalue weighted by Gasteiger charge is 2.21. The molecule has 7 heteroatoms. The molecule has 1 aromatic heterocycles. The average Bonchev–Trinajstić information content (AvgIpc) is 2.87. The summed E-state index contributed by atoms with van der Waals surface area (Å²) in [5.74, 6) is 0.131. The molecule has 0 spiro atoms. The van der Waals surface area contributed by atoms with E-state index >= 15 is 0 Å². The molecular formula is C12H16N2O4S. The molecule has 0 atom stereocenters. The first-order valence-corrected chi connectivity index (χ1v) is 7.08. The van der Waals surface area contributed by atoms with Crippen LogP contribution in [-0.2, 0) is 0 Å². The number of aliphatic hydroxyl groups is 1. The van der Waals surface area contributed by atoms with Gasteiger partial charge in [0.1, 0.15) is 0 Å². The summed E-state index contributed by atoms with van der Waals surface area (Å²) in [7, 11) is 0. The summed E-state index contributed by atoms with van der Waals surface area (Å²) in [5, 5.41) is 22.7. The Hall–Kier alpha value is -1.47. The van der Waals surface area contributed by atoms with Crippen molar-refractivity contribution in [3.63, 3.8) is 0 Å². The zero-order chi connectivity index (χ0) is 13.8. The lowest BCUT2D eigenvalue weighted by atomic mass is 9.87. The van der Waals surface area contributed by atoms with Crippen molar-refractivity contribution < 1.29 is 14.8 Å². The lowest BCUT2D eigenvalue weighted by molar-refractivity contribution is -0.380. The molecule has 0 aromatic carbocycles. The number of nitrogens with zero attached hydrogens (tertiary/aromatic N) is 1. The lowest BCUT2D eigenvalue weighted by Gasteiger charge is -2.25. The van der Waals surface area contributed by atoms with Crippen molar-refractivity contribution in [3.05, 3.63) is 27.1 Å². The van der Waals surface area contributed by atoms with Gasteiger partial charge in [-0.1, -0.05) is 11.3 Å². The van der Waals surface area contributed by atoms with Crippen molar-refractivity contribution >= 4 is 22.2 Å². The zero-order valence-electron chi connectivity index (χ0n) is 10.4. The number of hydrogen-bond acceptors (Lipinski definition) is 5. The first-order chi connectivity index (χ1) is 9.06. The second-order valence-electron chi connectivity index (χ2n) is 4.78. The number of nitrogens with one attached hydrogen (secondary N) is 1. The van der Waals surface area contributed by atoms with E-state index in [1.165, 1.54) is 12.1 Å². The highest BCUT2D eigenvalue weighted by atomic mass is 32.1. The Kier molecular flexibility index (Phi) is 4.49. The highest BCUT2D eigenvalue weighted by Crippen LogP contribution is 2.25. The normalized spacial score (nSPS) is 23.0. The Balaban J connectivity index is 1.82. The number of amides is 1. The number of nitro groups is 1. The predicted octanol–water partition coefficient (Wildman–Crippen LogP) is 1.94. The van der Waals surface area contributed by atoms with Gasteiger partial charge in [-0.15, -0.1) is 0 Å². The molecule has 0 unspecified atom stereocenters. The number of hydrogen-bond donors (Lipinski definition) is 2. The minimum Gasteiger partial charge on any atom is -0.393 e. The Morgan fingerprint density at radius 2 is 2.11 bits per heavy atom. The molecule has 1 amide bonds. The fraction of sp³-hybridized carbons (Fsp3) is 0.583. The van der Waals surface area contributed by atoms with E-state index in [-0.39, 0.29) is 17.0 Å². The maximum atomic E-state index is 11.8. The maximum absolute atomic E-state index is 11.8. The van der Waals surface area contributed by atoms with Crippen LogP contribution in [-0.4, -0.2) is 28.6 Å². The summed E-state index contributed by atoms with van der Waals surface area (Å²) in [6.45, 7) is 0.567. The van der Waals surface area contributed by atoms with Crippen LogP contribution < -0.4 is 5.32 Å². The summed E-state index contributed by atoms with van der Waals surface area (Å²) in [6, 6.07) is 2.82. The molecule has 1 aromatic rings. The van der Waals surface area contributed by atoms with Crippen LogP contribution in [0.5, 0.6) is 0 Å². The largest absolute Gasteiger partial charge is 0.393 e. The van der Waals surface area contributed by atoms with E-state index in [0.717, 1.165) is 37.0 Å². The summed E-state index contributed by atoms with van der Waals surface area (Å²) in [4.78, 5) is 22.2. The molecule has 2 N–H and O–H groups in total. The van der Waals surface area contributed by atoms with Gasteiger partial charge in [0, 0.05) is 12.6 Å². The zero-order valence-corrected chi connectivity index (χ0v) is 11.2. The van der Waals surface area contributed by atoms with E-state index < -0.39 is 4.92 Å². The highest BCUT2D eigenvalue weighted by molar-refractivity contribution is 7.17. The lowest BCUT2D eigenvalue weighted by Crippen LogP contribution is -2.31. The molecule has 19 heavy (non-hydrogen) atoms. The topological polar surface area (TPSA) is 92.5 Å². The molecule has 1 fully saturated rings. The third-order valence-electron chi connectivity index (χ3n) is 3.36. The Bertz CT molecular complexity index is 466. The summed E-state index contributed by atoms with van der Waals surface area (Å²) in [6.07, 6.45) is 3.18. The smallest absolute Gasteiger partial charge is 0.324 e. The third kappa shape index (κ3) is 3.74. The molecule has 0 bridgehead atoms. The van der Waals surface area contributed by atoms with E-state index in [0.29, 0.717) is 17.3 Å². The minimum atomic E-state index is -0.496. The first-order valence-electron chi connectivity index (χ1n) is 6.26. The molecule has 0 radical (unpaired) electrons. The van der Waals surface area contributed by atoms with Gasteiger partial charge in [-0.2, -0.15) is 0 Å². The van der Waals surface area contributed by atoms with E-state index in [4.69, 9.17) is 0 Å². The van der Waals surface area contributed by atoms with Gasteiger partial charge in [-0.05, 0) is 37.7 Å². The number of aliphatic hydroxyl groups excluding tert-OH is 1. The first kappa shape index (κ1) is 14.0. The van der Waals surface area contributed by atoms with Gasteiger partial charge in [0.25, 0.3) is 5.91 Å². The third-order valence-corrected chi connectivity index (χ3v) is 4.40. The van der Waals surface area contributed by atoms with Crippen LogP contribution in [0.3, 0.4) is 0 Å². The van der Waals surface area contributed by atoms with Crippen LogP contribution in [0.15, 0.2) is 12.1 Å². The second-order valence-corrected chi connectivity index (χ2v) is 5.84. The van der Waals surface area contributed by atoms with Crippen LogP contribution in [0, 0.1) is 16.0 Å². The van der Waals surface area contributed by atoms with Gasteiger partial charge >= 0.3 is 5.00 Å². The summed E-state index contributed by atoms with van der Waals surface area (Å²) >= 11 is 0.885. The van der Waals surface area contributed by atoms with Crippen LogP contribution in [0.1, 0.15) is 35.4 Å². The van der Waals surface area contributed by atoms with Crippen molar-refractivity contribution in [1.82, 2.24) is 5.32 Å². The number of rotatable bonds is 4. The van der Waals surface area contributed by atoms with Crippen molar-refractivity contribution in [2.45, 2.75) is 31.8 Å². The van der Waals surface area contributed by atoms with Crippen molar-refractivity contribution in [3.8, 4) is 0 Å². The second kappa shape index (κ2) is 6.12. The molecular weight excluding hydrogens is 268 g/mol. The fourth-order valence-corrected chi connectivity index (χ4v) is 2.96. The van der Waals surface area contributed by atoms with Crippen molar-refractivity contribution in [2.24, 2.45) is 5.92 Å². The SMILES string of the molecule is O=C(NCC1CCC(O)CC1)c1ccc([N+](=O)[O-])s1. The summed E-state index contributed by atoms with van der Waals surface area (Å²) in [5.41, 5.74) is 0. The van der Waals surface area contributed by atoms with E-state index in [2.05, 4.69) is 5.32 Å². The molecule has 1 saturated carbocycles. The molecule has 2 rings (SSSR count). The molecule has 1 heterocycles. The van der Waals surface area contributed by atoms with E-state index in [9.17, 15) is 20.0 Å². The van der Waals surface area contributed by atoms with E-state index in [1.807, 2.05) is 0 Å². The van der Waals surface area contributed by atoms with Gasteiger partial charge in [-0.25, -0.2) is 0 Å². The van der Waals surface area contributed by atoms with Gasteiger partial charge in [0.2, 0.25) is 0 Å². The standard InChI is InChI=1S/C12H16N2O4S/c15-9-3-1-8(2-4-9)7-13-12(16)10-5-6-11(19-10)14(17)18/h5-6,8-9,15H,1-4,7H2,(H,13,16). The molecule has 0 aliphatic heterocycles. The molecule has 0 saturated heterocycles. The van der Waals surface area contributed by atoms with Crippen LogP contribution in [0.2, 0.25) is 0 Å². The quantitative estimate of drug-likeness (QED) is 0.652. The Morgan fingerprint density at radius 1 is 1.42 bits per heavy atom. The van der Waals surface area contributed by atoms with Crippen molar-refractivity contribution in [2.75, 3.05) is 6.54 Å². The molecule has 104 valence electrons. The van der Waals surface area contributed by atoms with Gasteiger partial charge in [0.15, 0.2) is 0 Å². The van der Waals surface area contributed by atoms with Crippen LogP contribution in [0.25, 0.3) is 0 Å². The number of carbonyl (C=O) groups excluding carboxylic acids is 1. The number of carbonyl (C=O) groups is 1. The summed E-state index contributed by atoms with van der Waals surface area (Å²) < 4.78 is 0. The molecule has 1 aliphatic rings. The maximum Gasteiger partial charge on any atom is 0.324 e. The average molecular weight is 284 g/mol. The molecule has 1 aliphatic carbocycles. The minimum absolute atomic E-state index is 0.0223. The number of thiophene rings is 1. The molecule has 6 nitrogen and oxygen atoms in total. The van der Waals surface area contributed by atoms with Crippen LogP contribution in [0.4, 0.5) is 5.00 Å². The van der Waals surface area contributed by atoms with Crippen molar-refractivity contribution in [1.29, 1.82) is 0 Å². The Labute approximate surface area is 114 Å². The van der Waals surface area contributed by atoms with Crippen LogP contribution >= 0.6 is 11.3 Å². The van der Waals surface area contributed by atoms with Gasteiger partial charge in [0.05, 0.1) is 15.9 Å². The Morgan fingerprint density at radius 3 is 2.68 bits per heavy atom. The predicted molar refractivity (Wildman–Crippen MR) is 71.3 cm³/mol. The monoisotopic (exact) mass is 284 g/mol. The van der Waals surface area contributed by atoms with Gasteiger partial charge < -0.3 is 10.4 Å². The van der Waals surface area contributed by atoms with Gasteiger partial charge in [-0.3, -0.25) is 14.9 Å².